The Morgan fingerprint density at radius 3 is 2.45 bits per heavy atom. The van der Waals surface area contributed by atoms with Crippen molar-refractivity contribution in [3.05, 3.63) is 34.4 Å². The van der Waals surface area contributed by atoms with Gasteiger partial charge in [0, 0.05) is 25.1 Å². The average Bonchev–Trinajstić information content (AvgIpc) is 2.43. The number of hydrogen-bond acceptors (Lipinski definition) is 6. The first-order valence-corrected chi connectivity index (χ1v) is 7.16. The van der Waals surface area contributed by atoms with Crippen molar-refractivity contribution >= 4 is 21.7 Å². The highest BCUT2D eigenvalue weighted by Gasteiger charge is 2.15. The first kappa shape index (κ1) is 16.1. The molecule has 1 aromatic rings. The predicted octanol–water partition coefficient (Wildman–Crippen LogP) is 0.826. The van der Waals surface area contributed by atoms with Gasteiger partial charge in [0.25, 0.3) is 5.69 Å². The van der Waals surface area contributed by atoms with Gasteiger partial charge in [-0.3, -0.25) is 14.9 Å². The van der Waals surface area contributed by atoms with Gasteiger partial charge in [-0.05, 0) is 18.6 Å². The number of nitrogens with one attached hydrogen (secondary N) is 1. The summed E-state index contributed by atoms with van der Waals surface area (Å²) in [6, 6.07) is 4.54. The maximum absolute atomic E-state index is 11.8. The van der Waals surface area contributed by atoms with E-state index >= 15 is 0 Å². The zero-order valence-corrected chi connectivity index (χ0v) is 11.6. The van der Waals surface area contributed by atoms with E-state index in [0.29, 0.717) is 6.42 Å². The van der Waals surface area contributed by atoms with Gasteiger partial charge in [0.1, 0.15) is 0 Å². The molecule has 0 atom stereocenters. The van der Waals surface area contributed by atoms with E-state index in [0.717, 1.165) is 24.3 Å². The molecule has 1 aromatic carbocycles. The Morgan fingerprint density at radius 2 is 1.95 bits per heavy atom. The van der Waals surface area contributed by atoms with Crippen LogP contribution in [0.2, 0.25) is 0 Å². The van der Waals surface area contributed by atoms with Gasteiger partial charge in [0.15, 0.2) is 0 Å². The Labute approximate surface area is 115 Å². The lowest BCUT2D eigenvalue weighted by molar-refractivity contribution is -0.384. The Morgan fingerprint density at radius 1 is 1.35 bits per heavy atom. The summed E-state index contributed by atoms with van der Waals surface area (Å²) in [5, 5.41) is 10.5. The molecule has 0 aromatic heterocycles. The molecule has 0 bridgehead atoms. The SMILES string of the molecule is COC(=O)CCCNS(=O)(=O)c1ccc([N+](=O)[O-])cc1. The van der Waals surface area contributed by atoms with Gasteiger partial charge in [-0.2, -0.15) is 0 Å². The molecular formula is C11H14N2O6S. The topological polar surface area (TPSA) is 116 Å². The van der Waals surface area contributed by atoms with Crippen molar-refractivity contribution in [3.8, 4) is 0 Å². The second-order valence-electron chi connectivity index (χ2n) is 3.83. The van der Waals surface area contributed by atoms with Gasteiger partial charge >= 0.3 is 5.97 Å². The molecule has 0 amide bonds. The number of nitrogens with zero attached hydrogens (tertiary/aromatic N) is 1. The van der Waals surface area contributed by atoms with E-state index < -0.39 is 20.9 Å². The Bertz CT molecular complexity index is 581. The highest BCUT2D eigenvalue weighted by Crippen LogP contribution is 2.15. The lowest BCUT2D eigenvalue weighted by Gasteiger charge is -2.06. The summed E-state index contributed by atoms with van der Waals surface area (Å²) in [4.78, 5) is 20.6. The molecule has 1 N–H and O–H groups in total. The van der Waals surface area contributed by atoms with E-state index in [-0.39, 0.29) is 23.5 Å². The largest absolute Gasteiger partial charge is 0.469 e. The highest BCUT2D eigenvalue weighted by atomic mass is 32.2. The number of nitro groups is 1. The maximum atomic E-state index is 11.8. The molecule has 8 nitrogen and oxygen atoms in total. The van der Waals surface area contributed by atoms with E-state index in [2.05, 4.69) is 9.46 Å². The Kier molecular flexibility index (Phi) is 5.59. The van der Waals surface area contributed by atoms with Crippen LogP contribution in [0.1, 0.15) is 12.8 Å². The summed E-state index contributed by atoms with van der Waals surface area (Å²) in [5.41, 5.74) is -0.186. The van der Waals surface area contributed by atoms with Crippen LogP contribution in [0.3, 0.4) is 0 Å². The molecule has 20 heavy (non-hydrogen) atoms. The van der Waals surface area contributed by atoms with Crippen LogP contribution in [-0.2, 0) is 19.6 Å². The van der Waals surface area contributed by atoms with E-state index in [9.17, 15) is 23.3 Å². The summed E-state index contributed by atoms with van der Waals surface area (Å²) >= 11 is 0. The number of carbonyl (C=O) groups excluding carboxylic acids is 1. The zero-order chi connectivity index (χ0) is 15.2. The fourth-order valence-electron chi connectivity index (χ4n) is 1.37. The summed E-state index contributed by atoms with van der Waals surface area (Å²) in [6.45, 7) is 0.0778. The number of esters is 1. The number of nitro benzene ring substituents is 1. The normalized spacial score (nSPS) is 11.1. The van der Waals surface area contributed by atoms with Crippen LogP contribution in [0.25, 0.3) is 0 Å². The van der Waals surface area contributed by atoms with Gasteiger partial charge < -0.3 is 4.74 Å². The summed E-state index contributed by atoms with van der Waals surface area (Å²) < 4.78 is 30.4. The van der Waals surface area contributed by atoms with Gasteiger partial charge in [-0.15, -0.1) is 0 Å². The molecule has 0 saturated heterocycles. The number of carbonyl (C=O) groups is 1. The van der Waals surface area contributed by atoms with Crippen LogP contribution in [-0.4, -0.2) is 33.0 Å². The zero-order valence-electron chi connectivity index (χ0n) is 10.7. The van der Waals surface area contributed by atoms with Crippen molar-refractivity contribution in [2.24, 2.45) is 0 Å². The second kappa shape index (κ2) is 6.96. The molecule has 1 rings (SSSR count). The molecule has 0 spiro atoms. The quantitative estimate of drug-likeness (QED) is 0.345. The minimum atomic E-state index is -3.73. The molecule has 0 aliphatic rings. The fraction of sp³-hybridized carbons (Fsp3) is 0.364. The standard InChI is InChI=1S/C11H14N2O6S/c1-19-11(14)3-2-8-12-20(17,18)10-6-4-9(5-7-10)13(15)16/h4-7,12H,2-3,8H2,1H3. The smallest absolute Gasteiger partial charge is 0.305 e. The van der Waals surface area contributed by atoms with Gasteiger partial charge in [0.05, 0.1) is 16.9 Å². The molecule has 0 aliphatic carbocycles. The van der Waals surface area contributed by atoms with Crippen molar-refractivity contribution in [3.63, 3.8) is 0 Å². The Balaban J connectivity index is 2.60. The lowest BCUT2D eigenvalue weighted by Crippen LogP contribution is -2.25. The Hall–Kier alpha value is -2.00. The van der Waals surface area contributed by atoms with E-state index in [1.807, 2.05) is 0 Å². The third-order valence-electron chi connectivity index (χ3n) is 2.44. The number of methoxy groups -OCH3 is 1. The van der Waals surface area contributed by atoms with E-state index in [1.54, 1.807) is 0 Å². The van der Waals surface area contributed by atoms with Gasteiger partial charge in [0.2, 0.25) is 10.0 Å². The van der Waals surface area contributed by atoms with Crippen molar-refractivity contribution in [1.82, 2.24) is 4.72 Å². The fourth-order valence-corrected chi connectivity index (χ4v) is 2.45. The van der Waals surface area contributed by atoms with Crippen LogP contribution < -0.4 is 4.72 Å². The van der Waals surface area contributed by atoms with Crippen LogP contribution in [0.5, 0.6) is 0 Å². The number of sulfonamides is 1. The second-order valence-corrected chi connectivity index (χ2v) is 5.60. The van der Waals surface area contributed by atoms with Crippen LogP contribution in [0.15, 0.2) is 29.2 Å². The number of rotatable bonds is 7. The summed E-state index contributed by atoms with van der Waals surface area (Å²) in [7, 11) is -2.48. The first-order chi connectivity index (χ1) is 9.36. The number of non-ortho nitro benzene ring substituents is 1. The van der Waals surface area contributed by atoms with Crippen molar-refractivity contribution in [2.45, 2.75) is 17.7 Å². The first-order valence-electron chi connectivity index (χ1n) is 5.68. The number of benzene rings is 1. The van der Waals surface area contributed by atoms with Crippen molar-refractivity contribution in [2.75, 3.05) is 13.7 Å². The highest BCUT2D eigenvalue weighted by molar-refractivity contribution is 7.89. The molecule has 0 saturated carbocycles. The molecule has 110 valence electrons. The molecule has 9 heteroatoms. The third-order valence-corrected chi connectivity index (χ3v) is 3.91. The van der Waals surface area contributed by atoms with Crippen LogP contribution in [0, 0.1) is 10.1 Å². The monoisotopic (exact) mass is 302 g/mol. The van der Waals surface area contributed by atoms with E-state index in [4.69, 9.17) is 0 Å². The molecule has 0 fully saturated rings. The summed E-state index contributed by atoms with van der Waals surface area (Å²) in [6.07, 6.45) is 0.415. The van der Waals surface area contributed by atoms with Crippen LogP contribution in [0.4, 0.5) is 5.69 Å². The van der Waals surface area contributed by atoms with Gasteiger partial charge in [-0.1, -0.05) is 0 Å². The maximum Gasteiger partial charge on any atom is 0.305 e. The lowest BCUT2D eigenvalue weighted by atomic mass is 10.3. The molecule has 0 radical (unpaired) electrons. The number of hydrogen-bond donors (Lipinski definition) is 1. The van der Waals surface area contributed by atoms with Crippen molar-refractivity contribution < 1.29 is 22.9 Å². The predicted molar refractivity (Wildman–Crippen MR) is 69.5 cm³/mol. The van der Waals surface area contributed by atoms with Crippen LogP contribution >= 0.6 is 0 Å². The minimum absolute atomic E-state index is 0.0684. The molecule has 0 aliphatic heterocycles. The number of ether oxygens (including phenoxy) is 1. The molecular weight excluding hydrogens is 288 g/mol. The van der Waals surface area contributed by atoms with Crippen molar-refractivity contribution in [1.29, 1.82) is 0 Å². The molecule has 0 heterocycles. The minimum Gasteiger partial charge on any atom is -0.469 e. The van der Waals surface area contributed by atoms with E-state index in [1.165, 1.54) is 7.11 Å². The summed E-state index contributed by atoms with van der Waals surface area (Å²) in [5.74, 6) is -0.417. The molecule has 0 unspecified atom stereocenters. The van der Waals surface area contributed by atoms with Gasteiger partial charge in [-0.25, -0.2) is 13.1 Å². The third kappa shape index (κ3) is 4.59. The average molecular weight is 302 g/mol.